The first-order valence-electron chi connectivity index (χ1n) is 6.02. The third kappa shape index (κ3) is 3.46. The molecule has 108 valence electrons. The molecule has 2 atom stereocenters. The first kappa shape index (κ1) is 15.2. The molecule has 0 bridgehead atoms. The van der Waals surface area contributed by atoms with Crippen molar-refractivity contribution in [1.29, 1.82) is 0 Å². The lowest BCUT2D eigenvalue weighted by Gasteiger charge is -2.24. The summed E-state index contributed by atoms with van der Waals surface area (Å²) in [5, 5.41) is 9.08. The molecule has 7 heteroatoms. The quantitative estimate of drug-likeness (QED) is 0.892. The first-order chi connectivity index (χ1) is 9.49. The second-order valence-corrected chi connectivity index (χ2v) is 6.29. The molecule has 1 N–H and O–H groups in total. The summed E-state index contributed by atoms with van der Waals surface area (Å²) in [4.78, 5) is 24.7. The van der Waals surface area contributed by atoms with Crippen molar-refractivity contribution < 1.29 is 19.4 Å². The van der Waals surface area contributed by atoms with Crippen molar-refractivity contribution in [3.05, 3.63) is 28.7 Å². The van der Waals surface area contributed by atoms with Crippen LogP contribution in [0.25, 0.3) is 0 Å². The summed E-state index contributed by atoms with van der Waals surface area (Å²) in [5.74, 6) is 0.118. The zero-order chi connectivity index (χ0) is 14.7. The number of carbonyl (C=O) groups is 2. The Hall–Kier alpha value is -1.21. The van der Waals surface area contributed by atoms with E-state index in [1.165, 1.54) is 16.7 Å². The monoisotopic (exact) mass is 359 g/mol. The number of benzene rings is 1. The molecule has 1 fully saturated rings. The van der Waals surface area contributed by atoms with Gasteiger partial charge in [0.15, 0.2) is 6.10 Å². The van der Waals surface area contributed by atoms with Crippen molar-refractivity contribution in [2.24, 2.45) is 0 Å². The molecule has 1 amide bonds. The van der Waals surface area contributed by atoms with Gasteiger partial charge in [0, 0.05) is 10.2 Å². The molecule has 0 aromatic heterocycles. The van der Waals surface area contributed by atoms with E-state index >= 15 is 0 Å². The Bertz CT molecular complexity index is 508. The van der Waals surface area contributed by atoms with E-state index in [4.69, 9.17) is 9.84 Å². The Morgan fingerprint density at radius 2 is 2.10 bits per heavy atom. The second kappa shape index (κ2) is 6.49. The standard InChI is InChI=1S/C13H14BrNO4S/c1-8(19-10-4-2-9(14)3-5-10)12(16)15-7-20-6-11(15)13(17)18/h2-5,8,11H,6-7H2,1H3,(H,17,18). The van der Waals surface area contributed by atoms with E-state index in [1.807, 2.05) is 12.1 Å². The van der Waals surface area contributed by atoms with Crippen LogP contribution in [0.2, 0.25) is 0 Å². The van der Waals surface area contributed by atoms with Crippen molar-refractivity contribution in [3.8, 4) is 5.75 Å². The van der Waals surface area contributed by atoms with Crippen molar-refractivity contribution in [3.63, 3.8) is 0 Å². The van der Waals surface area contributed by atoms with E-state index in [0.29, 0.717) is 17.4 Å². The number of halogens is 1. The maximum absolute atomic E-state index is 12.2. The van der Waals surface area contributed by atoms with Crippen LogP contribution in [0.4, 0.5) is 0 Å². The molecular weight excluding hydrogens is 346 g/mol. The van der Waals surface area contributed by atoms with Crippen LogP contribution < -0.4 is 4.74 Å². The summed E-state index contributed by atoms with van der Waals surface area (Å²) in [6.07, 6.45) is -0.711. The van der Waals surface area contributed by atoms with Gasteiger partial charge in [0.2, 0.25) is 0 Å². The van der Waals surface area contributed by atoms with Crippen LogP contribution in [0.3, 0.4) is 0 Å². The topological polar surface area (TPSA) is 66.8 Å². The zero-order valence-electron chi connectivity index (χ0n) is 10.8. The lowest BCUT2D eigenvalue weighted by atomic mass is 10.2. The Kier molecular flexibility index (Phi) is 4.93. The Balaban J connectivity index is 2.01. The number of hydrogen-bond acceptors (Lipinski definition) is 4. The highest BCUT2D eigenvalue weighted by molar-refractivity contribution is 9.10. The molecule has 1 saturated heterocycles. The second-order valence-electron chi connectivity index (χ2n) is 4.38. The highest BCUT2D eigenvalue weighted by atomic mass is 79.9. The van der Waals surface area contributed by atoms with Crippen LogP contribution in [0.15, 0.2) is 28.7 Å². The summed E-state index contributed by atoms with van der Waals surface area (Å²) < 4.78 is 6.48. The lowest BCUT2D eigenvalue weighted by molar-refractivity contribution is -0.150. The number of amides is 1. The average Bonchev–Trinajstić information content (AvgIpc) is 2.90. The Morgan fingerprint density at radius 3 is 2.70 bits per heavy atom. The summed E-state index contributed by atoms with van der Waals surface area (Å²) in [5.41, 5.74) is 0. The van der Waals surface area contributed by atoms with Crippen molar-refractivity contribution >= 4 is 39.6 Å². The number of ether oxygens (including phenoxy) is 1. The third-order valence-corrected chi connectivity index (χ3v) is 4.47. The minimum atomic E-state index is -0.973. The number of carboxylic acids is 1. The summed E-state index contributed by atoms with van der Waals surface area (Å²) in [6, 6.07) is 6.38. The Morgan fingerprint density at radius 1 is 1.45 bits per heavy atom. The van der Waals surface area contributed by atoms with E-state index in [0.717, 1.165) is 4.47 Å². The highest BCUT2D eigenvalue weighted by Gasteiger charge is 2.37. The maximum Gasteiger partial charge on any atom is 0.327 e. The van der Waals surface area contributed by atoms with Gasteiger partial charge in [-0.05, 0) is 31.2 Å². The Labute approximate surface area is 129 Å². The van der Waals surface area contributed by atoms with Gasteiger partial charge in [-0.15, -0.1) is 11.8 Å². The molecule has 0 spiro atoms. The number of aliphatic carboxylic acids is 1. The maximum atomic E-state index is 12.2. The molecule has 0 radical (unpaired) electrons. The van der Waals surface area contributed by atoms with Gasteiger partial charge in [-0.25, -0.2) is 4.79 Å². The zero-order valence-corrected chi connectivity index (χ0v) is 13.2. The molecule has 1 heterocycles. The van der Waals surface area contributed by atoms with Crippen molar-refractivity contribution in [1.82, 2.24) is 4.90 Å². The van der Waals surface area contributed by atoms with Crippen LogP contribution in [0.1, 0.15) is 6.92 Å². The number of nitrogens with zero attached hydrogens (tertiary/aromatic N) is 1. The van der Waals surface area contributed by atoms with Crippen LogP contribution in [0, 0.1) is 0 Å². The van der Waals surface area contributed by atoms with Crippen LogP contribution in [-0.2, 0) is 9.59 Å². The van der Waals surface area contributed by atoms with Gasteiger partial charge in [-0.3, -0.25) is 4.79 Å². The predicted molar refractivity (Wildman–Crippen MR) is 79.8 cm³/mol. The number of carbonyl (C=O) groups excluding carboxylic acids is 1. The molecule has 1 aliphatic rings. The molecule has 1 aromatic carbocycles. The summed E-state index contributed by atoms with van der Waals surface area (Å²) in [6.45, 7) is 1.63. The average molecular weight is 360 g/mol. The summed E-state index contributed by atoms with van der Waals surface area (Å²) in [7, 11) is 0. The third-order valence-electron chi connectivity index (χ3n) is 2.92. The number of thioether (sulfide) groups is 1. The smallest absolute Gasteiger partial charge is 0.327 e. The molecule has 2 rings (SSSR count). The molecule has 20 heavy (non-hydrogen) atoms. The molecule has 0 aliphatic carbocycles. The number of rotatable bonds is 4. The van der Waals surface area contributed by atoms with Gasteiger partial charge in [0.25, 0.3) is 5.91 Å². The largest absolute Gasteiger partial charge is 0.481 e. The van der Waals surface area contributed by atoms with Crippen LogP contribution >= 0.6 is 27.7 Å². The highest BCUT2D eigenvalue weighted by Crippen LogP contribution is 2.23. The van der Waals surface area contributed by atoms with Gasteiger partial charge in [0.1, 0.15) is 11.8 Å². The van der Waals surface area contributed by atoms with Crippen LogP contribution in [0.5, 0.6) is 5.75 Å². The minimum Gasteiger partial charge on any atom is -0.481 e. The molecule has 0 saturated carbocycles. The molecule has 2 unspecified atom stereocenters. The van der Waals surface area contributed by atoms with Gasteiger partial charge in [0.05, 0.1) is 5.88 Å². The van der Waals surface area contributed by atoms with Gasteiger partial charge in [-0.2, -0.15) is 0 Å². The van der Waals surface area contributed by atoms with E-state index in [1.54, 1.807) is 19.1 Å². The van der Waals surface area contributed by atoms with Crippen molar-refractivity contribution in [2.75, 3.05) is 11.6 Å². The van der Waals surface area contributed by atoms with Gasteiger partial charge in [-0.1, -0.05) is 15.9 Å². The molecule has 1 aliphatic heterocycles. The van der Waals surface area contributed by atoms with E-state index in [-0.39, 0.29) is 5.91 Å². The van der Waals surface area contributed by atoms with Gasteiger partial charge >= 0.3 is 5.97 Å². The van der Waals surface area contributed by atoms with Crippen LogP contribution in [-0.4, -0.2) is 45.7 Å². The molecular formula is C13H14BrNO4S. The fraction of sp³-hybridized carbons (Fsp3) is 0.385. The SMILES string of the molecule is CC(Oc1ccc(Br)cc1)C(=O)N1CSCC1C(=O)O. The van der Waals surface area contributed by atoms with E-state index in [2.05, 4.69) is 15.9 Å². The molecule has 5 nitrogen and oxygen atoms in total. The fourth-order valence-corrected chi connectivity index (χ4v) is 3.29. The lowest BCUT2D eigenvalue weighted by Crippen LogP contribution is -2.47. The fourth-order valence-electron chi connectivity index (χ4n) is 1.87. The molecule has 1 aromatic rings. The first-order valence-corrected chi connectivity index (χ1v) is 7.97. The minimum absolute atomic E-state index is 0.301. The summed E-state index contributed by atoms with van der Waals surface area (Å²) >= 11 is 4.75. The normalized spacial score (nSPS) is 19.7. The number of carboxylic acid groups (broad SMARTS) is 1. The van der Waals surface area contributed by atoms with Crippen molar-refractivity contribution in [2.45, 2.75) is 19.1 Å². The number of hydrogen-bond donors (Lipinski definition) is 1. The predicted octanol–water partition coefficient (Wildman–Crippen LogP) is 2.20. The van der Waals surface area contributed by atoms with Gasteiger partial charge < -0.3 is 14.7 Å². The van der Waals surface area contributed by atoms with E-state index in [9.17, 15) is 9.59 Å². The van der Waals surface area contributed by atoms with E-state index < -0.39 is 18.1 Å².